The van der Waals surface area contributed by atoms with E-state index in [0.717, 1.165) is 12.1 Å². The molecule has 0 bridgehead atoms. The number of rotatable bonds is 7. The molecule has 4 N–H and O–H groups in total. The molecular weight excluding hydrogens is 310 g/mol. The Kier molecular flexibility index (Phi) is 5.62. The number of amides is 1. The molecule has 0 spiro atoms. The fourth-order valence-electron chi connectivity index (χ4n) is 2.95. The van der Waals surface area contributed by atoms with E-state index in [1.165, 1.54) is 4.88 Å². The molecule has 1 aliphatic heterocycles. The van der Waals surface area contributed by atoms with E-state index in [0.29, 0.717) is 6.54 Å². The SMILES string of the molecule is CC1(C)C=C(C(=O)NCC(O)CNCc2cccs2)C(C)(C)N1. The van der Waals surface area contributed by atoms with Gasteiger partial charge < -0.3 is 15.7 Å². The Morgan fingerprint density at radius 3 is 2.65 bits per heavy atom. The lowest BCUT2D eigenvalue weighted by Gasteiger charge is -2.27. The van der Waals surface area contributed by atoms with Crippen molar-refractivity contribution >= 4 is 17.2 Å². The second kappa shape index (κ2) is 7.13. The van der Waals surface area contributed by atoms with Gasteiger partial charge in [-0.05, 0) is 39.1 Å². The van der Waals surface area contributed by atoms with Gasteiger partial charge >= 0.3 is 0 Å². The van der Waals surface area contributed by atoms with Crippen LogP contribution in [0.2, 0.25) is 0 Å². The van der Waals surface area contributed by atoms with Gasteiger partial charge in [-0.1, -0.05) is 12.1 Å². The number of carbonyl (C=O) groups excluding carboxylic acids is 1. The summed E-state index contributed by atoms with van der Waals surface area (Å²) in [4.78, 5) is 13.6. The van der Waals surface area contributed by atoms with Crippen LogP contribution in [0, 0.1) is 0 Å². The van der Waals surface area contributed by atoms with E-state index < -0.39 is 6.10 Å². The van der Waals surface area contributed by atoms with Gasteiger partial charge in [0.15, 0.2) is 0 Å². The van der Waals surface area contributed by atoms with Gasteiger partial charge in [0.05, 0.1) is 6.10 Å². The van der Waals surface area contributed by atoms with Crippen LogP contribution in [0.25, 0.3) is 0 Å². The molecule has 1 aromatic rings. The van der Waals surface area contributed by atoms with Gasteiger partial charge in [-0.25, -0.2) is 0 Å². The van der Waals surface area contributed by atoms with Crippen molar-refractivity contribution in [2.75, 3.05) is 13.1 Å². The summed E-state index contributed by atoms with van der Waals surface area (Å²) >= 11 is 1.68. The molecule has 0 saturated carbocycles. The van der Waals surface area contributed by atoms with Gasteiger partial charge in [-0.15, -0.1) is 11.3 Å². The molecule has 6 heteroatoms. The van der Waals surface area contributed by atoms with Crippen molar-refractivity contribution < 1.29 is 9.90 Å². The first-order valence-corrected chi connectivity index (χ1v) is 8.80. The van der Waals surface area contributed by atoms with Crippen LogP contribution >= 0.6 is 11.3 Å². The van der Waals surface area contributed by atoms with Crippen LogP contribution in [0.1, 0.15) is 32.6 Å². The first-order chi connectivity index (χ1) is 10.7. The summed E-state index contributed by atoms with van der Waals surface area (Å²) in [6.45, 7) is 9.49. The first-order valence-electron chi connectivity index (χ1n) is 7.92. The minimum absolute atomic E-state index is 0.120. The molecule has 0 radical (unpaired) electrons. The summed E-state index contributed by atoms with van der Waals surface area (Å²) in [5.41, 5.74) is 0.161. The summed E-state index contributed by atoms with van der Waals surface area (Å²) in [7, 11) is 0. The number of aliphatic hydroxyl groups excluding tert-OH is 1. The predicted molar refractivity (Wildman–Crippen MR) is 94.4 cm³/mol. The summed E-state index contributed by atoms with van der Waals surface area (Å²) in [5, 5.41) is 21.5. The molecule has 0 aromatic carbocycles. The van der Waals surface area contributed by atoms with Crippen LogP contribution in [-0.4, -0.2) is 41.3 Å². The van der Waals surface area contributed by atoms with Crippen molar-refractivity contribution in [2.45, 2.75) is 51.4 Å². The van der Waals surface area contributed by atoms with Crippen molar-refractivity contribution in [1.29, 1.82) is 0 Å². The molecule has 1 unspecified atom stereocenters. The van der Waals surface area contributed by atoms with E-state index >= 15 is 0 Å². The van der Waals surface area contributed by atoms with E-state index in [2.05, 4.69) is 22.0 Å². The lowest BCUT2D eigenvalue weighted by atomic mass is 9.96. The number of nitrogens with one attached hydrogen (secondary N) is 3. The van der Waals surface area contributed by atoms with Crippen LogP contribution in [0.4, 0.5) is 0 Å². The summed E-state index contributed by atoms with van der Waals surface area (Å²) in [6, 6.07) is 4.06. The summed E-state index contributed by atoms with van der Waals surface area (Å²) in [6.07, 6.45) is 1.36. The molecule has 128 valence electrons. The highest BCUT2D eigenvalue weighted by atomic mass is 32.1. The molecule has 1 amide bonds. The molecule has 1 atom stereocenters. The largest absolute Gasteiger partial charge is 0.390 e. The third kappa shape index (κ3) is 5.14. The average molecular weight is 337 g/mol. The second-order valence-electron chi connectivity index (χ2n) is 7.10. The third-order valence-electron chi connectivity index (χ3n) is 3.82. The normalized spacial score (nSPS) is 20.1. The topological polar surface area (TPSA) is 73.4 Å². The van der Waals surface area contributed by atoms with Gasteiger partial charge in [0.25, 0.3) is 0 Å². The summed E-state index contributed by atoms with van der Waals surface area (Å²) < 4.78 is 0. The smallest absolute Gasteiger partial charge is 0.248 e. The molecule has 2 rings (SSSR count). The quantitative estimate of drug-likeness (QED) is 0.607. The van der Waals surface area contributed by atoms with Crippen molar-refractivity contribution in [3.8, 4) is 0 Å². The number of hydrogen-bond acceptors (Lipinski definition) is 5. The predicted octanol–water partition coefficient (Wildman–Crippen LogP) is 1.40. The molecule has 5 nitrogen and oxygen atoms in total. The molecule has 0 aliphatic carbocycles. The Hall–Kier alpha value is -1.21. The Morgan fingerprint density at radius 1 is 1.35 bits per heavy atom. The van der Waals surface area contributed by atoms with Gasteiger partial charge in [-0.2, -0.15) is 0 Å². The zero-order valence-electron chi connectivity index (χ0n) is 14.3. The highest BCUT2D eigenvalue weighted by molar-refractivity contribution is 7.09. The van der Waals surface area contributed by atoms with Crippen molar-refractivity contribution in [2.24, 2.45) is 0 Å². The standard InChI is InChI=1S/C17H27N3O2S/c1-16(2)8-14(17(3,4)20-16)15(22)19-10-12(21)9-18-11-13-6-5-7-23-13/h5-8,12,18,20-21H,9-11H2,1-4H3,(H,19,22). The molecule has 1 aromatic heterocycles. The zero-order valence-corrected chi connectivity index (χ0v) is 15.1. The maximum atomic E-state index is 12.4. The zero-order chi connectivity index (χ0) is 17.1. The van der Waals surface area contributed by atoms with Crippen LogP contribution in [-0.2, 0) is 11.3 Å². The average Bonchev–Trinajstić information content (AvgIpc) is 3.01. The maximum Gasteiger partial charge on any atom is 0.248 e. The first kappa shape index (κ1) is 18.1. The molecular formula is C17H27N3O2S. The van der Waals surface area contributed by atoms with Crippen LogP contribution in [0.15, 0.2) is 29.2 Å². The fraction of sp³-hybridized carbons (Fsp3) is 0.588. The minimum Gasteiger partial charge on any atom is -0.390 e. The van der Waals surface area contributed by atoms with E-state index in [9.17, 15) is 9.90 Å². The monoisotopic (exact) mass is 337 g/mol. The number of hydrogen-bond donors (Lipinski definition) is 4. The highest BCUT2D eigenvalue weighted by Gasteiger charge is 2.39. The highest BCUT2D eigenvalue weighted by Crippen LogP contribution is 2.29. The maximum absolute atomic E-state index is 12.4. The van der Waals surface area contributed by atoms with Crippen molar-refractivity contribution in [1.82, 2.24) is 16.0 Å². The Morgan fingerprint density at radius 2 is 2.09 bits per heavy atom. The van der Waals surface area contributed by atoms with E-state index in [1.54, 1.807) is 11.3 Å². The van der Waals surface area contributed by atoms with Crippen LogP contribution in [0.3, 0.4) is 0 Å². The van der Waals surface area contributed by atoms with E-state index in [-0.39, 0.29) is 23.5 Å². The Bertz CT molecular complexity index is 564. The van der Waals surface area contributed by atoms with E-state index in [1.807, 2.05) is 45.2 Å². The lowest BCUT2D eigenvalue weighted by molar-refractivity contribution is -0.118. The van der Waals surface area contributed by atoms with Gasteiger partial charge in [-0.3, -0.25) is 10.1 Å². The van der Waals surface area contributed by atoms with E-state index in [4.69, 9.17) is 0 Å². The number of carbonyl (C=O) groups is 1. The van der Waals surface area contributed by atoms with Gasteiger partial charge in [0.1, 0.15) is 0 Å². The number of thiophene rings is 1. The summed E-state index contributed by atoms with van der Waals surface area (Å²) in [5.74, 6) is -0.120. The van der Waals surface area contributed by atoms with Crippen LogP contribution < -0.4 is 16.0 Å². The second-order valence-corrected chi connectivity index (χ2v) is 8.14. The fourth-order valence-corrected chi connectivity index (χ4v) is 3.63. The van der Waals surface area contributed by atoms with Crippen LogP contribution in [0.5, 0.6) is 0 Å². The Labute approximate surface area is 142 Å². The van der Waals surface area contributed by atoms with Crippen molar-refractivity contribution in [3.63, 3.8) is 0 Å². The molecule has 0 saturated heterocycles. The molecule has 23 heavy (non-hydrogen) atoms. The minimum atomic E-state index is -0.606. The number of aliphatic hydroxyl groups is 1. The third-order valence-corrected chi connectivity index (χ3v) is 4.69. The van der Waals surface area contributed by atoms with Gasteiger partial charge in [0.2, 0.25) is 5.91 Å². The van der Waals surface area contributed by atoms with Gasteiger partial charge in [0, 0.05) is 41.2 Å². The van der Waals surface area contributed by atoms with Crippen molar-refractivity contribution in [3.05, 3.63) is 34.0 Å². The lowest BCUT2D eigenvalue weighted by Crippen LogP contribution is -2.48. The molecule has 1 aliphatic rings. The molecule has 2 heterocycles. The molecule has 0 fully saturated rings. The Balaban J connectivity index is 1.75.